The molecule has 22 heavy (non-hydrogen) atoms. The molecule has 0 aliphatic heterocycles. The highest BCUT2D eigenvalue weighted by atomic mass is 14.3. The molecule has 0 atom stereocenters. The molecule has 2 aliphatic carbocycles. The Bertz CT molecular complexity index is 335. The second kappa shape index (κ2) is 10.1. The number of hydrogen-bond acceptors (Lipinski definition) is 0. The van der Waals surface area contributed by atoms with Crippen LogP contribution in [0.2, 0.25) is 0 Å². The largest absolute Gasteiger partial charge is 0.103 e. The molecular weight excluding hydrogens is 264 g/mol. The molecule has 0 N–H and O–H groups in total. The molecule has 2 rings (SSSR count). The van der Waals surface area contributed by atoms with Gasteiger partial charge in [0.05, 0.1) is 0 Å². The van der Waals surface area contributed by atoms with Crippen LogP contribution in [0.15, 0.2) is 37.5 Å². The Hall–Kier alpha value is -0.780. The Morgan fingerprint density at radius 2 is 1.23 bits per heavy atom. The van der Waals surface area contributed by atoms with E-state index in [1.165, 1.54) is 77.0 Å². The Kier molecular flexibility index (Phi) is 8.05. The third-order valence-electron chi connectivity index (χ3n) is 6.05. The van der Waals surface area contributed by atoms with Crippen molar-refractivity contribution in [3.05, 3.63) is 37.5 Å². The van der Waals surface area contributed by atoms with Gasteiger partial charge < -0.3 is 0 Å². The second-order valence-electron chi connectivity index (χ2n) is 7.67. The lowest BCUT2D eigenvalue weighted by atomic mass is 9.78. The predicted molar refractivity (Wildman–Crippen MR) is 98.9 cm³/mol. The fraction of sp³-hybridized carbons (Fsp3) is 0.727. The summed E-state index contributed by atoms with van der Waals surface area (Å²) >= 11 is 0. The van der Waals surface area contributed by atoms with E-state index in [9.17, 15) is 0 Å². The molecule has 0 aromatic rings. The van der Waals surface area contributed by atoms with Crippen molar-refractivity contribution in [1.29, 1.82) is 0 Å². The molecule has 0 radical (unpaired) electrons. The van der Waals surface area contributed by atoms with Crippen LogP contribution in [0.5, 0.6) is 0 Å². The maximum atomic E-state index is 3.94. The average Bonchev–Trinajstić information content (AvgIpc) is 2.58. The van der Waals surface area contributed by atoms with Crippen molar-refractivity contribution in [3.8, 4) is 0 Å². The highest BCUT2D eigenvalue weighted by Gasteiger charge is 2.20. The summed E-state index contributed by atoms with van der Waals surface area (Å²) in [5.74, 6) is 3.64. The van der Waals surface area contributed by atoms with Gasteiger partial charge >= 0.3 is 0 Å². The van der Waals surface area contributed by atoms with Crippen molar-refractivity contribution in [2.75, 3.05) is 0 Å². The van der Waals surface area contributed by atoms with Crippen LogP contribution in [0.1, 0.15) is 77.0 Å². The average molecular weight is 301 g/mol. The molecule has 0 nitrogen and oxygen atoms in total. The third-order valence-corrected chi connectivity index (χ3v) is 6.05. The second-order valence-corrected chi connectivity index (χ2v) is 7.67. The van der Waals surface area contributed by atoms with Crippen LogP contribution in [-0.4, -0.2) is 0 Å². The molecular formula is C22H36. The van der Waals surface area contributed by atoms with Crippen LogP contribution < -0.4 is 0 Å². The molecule has 0 unspecified atom stereocenters. The van der Waals surface area contributed by atoms with Gasteiger partial charge in [0.2, 0.25) is 0 Å². The van der Waals surface area contributed by atoms with Crippen molar-refractivity contribution in [3.63, 3.8) is 0 Å². The number of allylic oxidation sites excluding steroid dienone is 4. The SMILES string of the molecule is C=CCCC1CCC(CC/C=C/C2CCC(C=C)CC2)CC1. The summed E-state index contributed by atoms with van der Waals surface area (Å²) in [5, 5.41) is 0. The minimum atomic E-state index is 0.793. The van der Waals surface area contributed by atoms with E-state index in [0.29, 0.717) is 0 Å². The number of rotatable bonds is 8. The lowest BCUT2D eigenvalue weighted by Gasteiger charge is -2.28. The van der Waals surface area contributed by atoms with E-state index in [1.54, 1.807) is 0 Å². The minimum absolute atomic E-state index is 0.793. The molecule has 2 saturated carbocycles. The molecule has 0 saturated heterocycles. The molecule has 0 heterocycles. The molecule has 0 bridgehead atoms. The Morgan fingerprint density at radius 3 is 1.77 bits per heavy atom. The quantitative estimate of drug-likeness (QED) is 0.420. The van der Waals surface area contributed by atoms with E-state index < -0.39 is 0 Å². The Morgan fingerprint density at radius 1 is 0.682 bits per heavy atom. The predicted octanol–water partition coefficient (Wildman–Crippen LogP) is 7.09. The van der Waals surface area contributed by atoms with Gasteiger partial charge in [0.1, 0.15) is 0 Å². The fourth-order valence-corrected chi connectivity index (χ4v) is 4.36. The van der Waals surface area contributed by atoms with Crippen LogP contribution in [0.4, 0.5) is 0 Å². The normalized spacial score (nSPS) is 32.9. The van der Waals surface area contributed by atoms with Crippen molar-refractivity contribution in [2.45, 2.75) is 77.0 Å². The summed E-state index contributed by atoms with van der Waals surface area (Å²) < 4.78 is 0. The van der Waals surface area contributed by atoms with Gasteiger partial charge in [-0.05, 0) is 75.0 Å². The highest BCUT2D eigenvalue weighted by molar-refractivity contribution is 4.94. The van der Waals surface area contributed by atoms with E-state index in [4.69, 9.17) is 0 Å². The lowest BCUT2D eigenvalue weighted by Crippen LogP contribution is -2.14. The molecule has 0 amide bonds. The summed E-state index contributed by atoms with van der Waals surface area (Å²) in [6.07, 6.45) is 25.9. The van der Waals surface area contributed by atoms with Crippen molar-refractivity contribution < 1.29 is 0 Å². The monoisotopic (exact) mass is 300 g/mol. The van der Waals surface area contributed by atoms with Crippen molar-refractivity contribution >= 4 is 0 Å². The first kappa shape index (κ1) is 17.6. The van der Waals surface area contributed by atoms with Crippen molar-refractivity contribution in [2.24, 2.45) is 23.7 Å². The minimum Gasteiger partial charge on any atom is -0.103 e. The van der Waals surface area contributed by atoms with Crippen LogP contribution >= 0.6 is 0 Å². The van der Waals surface area contributed by atoms with E-state index >= 15 is 0 Å². The van der Waals surface area contributed by atoms with E-state index in [1.807, 2.05) is 0 Å². The van der Waals surface area contributed by atoms with E-state index in [0.717, 1.165) is 23.7 Å². The van der Waals surface area contributed by atoms with Crippen LogP contribution in [-0.2, 0) is 0 Å². The van der Waals surface area contributed by atoms with E-state index in [2.05, 4.69) is 37.5 Å². The summed E-state index contributed by atoms with van der Waals surface area (Å²) in [4.78, 5) is 0. The zero-order valence-corrected chi connectivity index (χ0v) is 14.5. The number of hydrogen-bond donors (Lipinski definition) is 0. The Labute approximate surface area is 138 Å². The topological polar surface area (TPSA) is 0 Å². The van der Waals surface area contributed by atoms with E-state index in [-0.39, 0.29) is 0 Å². The van der Waals surface area contributed by atoms with Gasteiger partial charge in [-0.3, -0.25) is 0 Å². The molecule has 124 valence electrons. The molecule has 0 aromatic heterocycles. The van der Waals surface area contributed by atoms with Gasteiger partial charge in [0.15, 0.2) is 0 Å². The van der Waals surface area contributed by atoms with Gasteiger partial charge in [-0.15, -0.1) is 13.2 Å². The lowest BCUT2D eigenvalue weighted by molar-refractivity contribution is 0.255. The zero-order valence-electron chi connectivity index (χ0n) is 14.5. The molecule has 0 aromatic carbocycles. The first-order valence-electron chi connectivity index (χ1n) is 9.72. The summed E-state index contributed by atoms with van der Waals surface area (Å²) in [6.45, 7) is 7.78. The summed E-state index contributed by atoms with van der Waals surface area (Å²) in [7, 11) is 0. The first-order chi connectivity index (χ1) is 10.8. The zero-order chi connectivity index (χ0) is 15.6. The third kappa shape index (κ3) is 6.15. The Balaban J connectivity index is 1.55. The van der Waals surface area contributed by atoms with Gasteiger partial charge in [0.25, 0.3) is 0 Å². The maximum Gasteiger partial charge on any atom is -0.0233 e. The molecule has 0 spiro atoms. The fourth-order valence-electron chi connectivity index (χ4n) is 4.36. The van der Waals surface area contributed by atoms with Gasteiger partial charge in [-0.1, -0.05) is 50.0 Å². The summed E-state index contributed by atoms with van der Waals surface area (Å²) in [5.41, 5.74) is 0. The molecule has 0 heteroatoms. The van der Waals surface area contributed by atoms with Crippen LogP contribution in [0, 0.1) is 23.7 Å². The highest BCUT2D eigenvalue weighted by Crippen LogP contribution is 2.34. The van der Waals surface area contributed by atoms with Gasteiger partial charge in [-0.25, -0.2) is 0 Å². The molecule has 2 aliphatic rings. The summed E-state index contributed by atoms with van der Waals surface area (Å²) in [6, 6.07) is 0. The van der Waals surface area contributed by atoms with Gasteiger partial charge in [-0.2, -0.15) is 0 Å². The first-order valence-corrected chi connectivity index (χ1v) is 9.72. The van der Waals surface area contributed by atoms with Crippen LogP contribution in [0.3, 0.4) is 0 Å². The smallest absolute Gasteiger partial charge is 0.0233 e. The van der Waals surface area contributed by atoms with Crippen molar-refractivity contribution in [1.82, 2.24) is 0 Å². The van der Waals surface area contributed by atoms with Crippen LogP contribution in [0.25, 0.3) is 0 Å². The van der Waals surface area contributed by atoms with Gasteiger partial charge in [0, 0.05) is 0 Å². The standard InChI is InChI=1S/C22H36/c1-3-5-8-20-15-17-22(18-16-20)10-7-6-9-21-13-11-19(4-2)12-14-21/h3-4,6,9,19-22H,1-2,5,7-8,10-18H2/b9-6+. The molecule has 2 fully saturated rings. The maximum absolute atomic E-state index is 3.94.